The Morgan fingerprint density at radius 3 is 2.09 bits per heavy atom. The predicted octanol–water partition coefficient (Wildman–Crippen LogP) is 4.06. The van der Waals surface area contributed by atoms with E-state index in [2.05, 4.69) is 40.0 Å². The van der Waals surface area contributed by atoms with E-state index < -0.39 is 11.6 Å². The summed E-state index contributed by atoms with van der Waals surface area (Å²) in [6.07, 6.45) is 4.23. The number of hydrazine groups is 1. The molecule has 0 saturated carbocycles. The van der Waals surface area contributed by atoms with Crippen LogP contribution in [-0.4, -0.2) is 62.4 Å². The van der Waals surface area contributed by atoms with Crippen molar-refractivity contribution in [1.29, 1.82) is 0 Å². The molecule has 6 nitrogen and oxygen atoms in total. The summed E-state index contributed by atoms with van der Waals surface area (Å²) in [6.45, 7) is 11.1. The van der Waals surface area contributed by atoms with Crippen LogP contribution in [0.2, 0.25) is 0 Å². The van der Waals surface area contributed by atoms with Crippen LogP contribution in [0.5, 0.6) is 0 Å². The quantitative estimate of drug-likeness (QED) is 0.552. The molecule has 0 radical (unpaired) electrons. The van der Waals surface area contributed by atoms with Gasteiger partial charge in [0, 0.05) is 34.7 Å². The van der Waals surface area contributed by atoms with Crippen LogP contribution in [0.15, 0.2) is 53.0 Å². The van der Waals surface area contributed by atoms with Crippen LogP contribution in [0.4, 0.5) is 14.5 Å². The zero-order valence-electron chi connectivity index (χ0n) is 21.0. The lowest BCUT2D eigenvalue weighted by molar-refractivity contribution is 0.220. The van der Waals surface area contributed by atoms with Crippen molar-refractivity contribution in [3.05, 3.63) is 64.6 Å². The van der Waals surface area contributed by atoms with E-state index in [1.807, 2.05) is 53.8 Å². The Kier molecular flexibility index (Phi) is 14.0. The number of benzene rings is 1. The van der Waals surface area contributed by atoms with Gasteiger partial charge in [0.2, 0.25) is 0 Å². The minimum absolute atomic E-state index is 0.0181. The van der Waals surface area contributed by atoms with Crippen LogP contribution >= 0.6 is 0 Å². The molecular formula is C24H41F2N5O. The maximum absolute atomic E-state index is 12.5. The van der Waals surface area contributed by atoms with Gasteiger partial charge in [0.1, 0.15) is 23.1 Å². The molecular weight excluding hydrogens is 412 g/mol. The fraction of sp³-hybridized carbons (Fsp3) is 0.500. The van der Waals surface area contributed by atoms with Crippen LogP contribution in [0.25, 0.3) is 0 Å². The first-order valence-electron chi connectivity index (χ1n) is 11.1. The average molecular weight is 454 g/mol. The maximum atomic E-state index is 12.5. The van der Waals surface area contributed by atoms with Gasteiger partial charge >= 0.3 is 0 Å². The number of halogens is 2. The normalized spacial score (nSPS) is 16.8. The summed E-state index contributed by atoms with van der Waals surface area (Å²) >= 11 is 0. The third-order valence-electron chi connectivity index (χ3n) is 4.56. The summed E-state index contributed by atoms with van der Waals surface area (Å²) < 4.78 is 25.1. The van der Waals surface area contributed by atoms with Crippen LogP contribution in [0, 0.1) is 11.6 Å². The van der Waals surface area contributed by atoms with Gasteiger partial charge in [-0.3, -0.25) is 0 Å². The van der Waals surface area contributed by atoms with Gasteiger partial charge in [0.05, 0.1) is 18.3 Å². The van der Waals surface area contributed by atoms with Crippen molar-refractivity contribution < 1.29 is 13.9 Å². The summed E-state index contributed by atoms with van der Waals surface area (Å²) in [7, 11) is 7.51. The second-order valence-corrected chi connectivity index (χ2v) is 6.81. The molecule has 182 valence electrons. The Labute approximate surface area is 192 Å². The number of aliphatic hydroxyl groups excluding tert-OH is 1. The van der Waals surface area contributed by atoms with E-state index in [-0.39, 0.29) is 18.3 Å². The molecule has 0 fully saturated rings. The van der Waals surface area contributed by atoms with Crippen molar-refractivity contribution >= 4 is 5.69 Å². The smallest absolute Gasteiger partial charge is 0.149 e. The molecule has 0 aliphatic carbocycles. The molecule has 2 aliphatic rings. The van der Waals surface area contributed by atoms with Crippen molar-refractivity contribution in [3.8, 4) is 0 Å². The number of rotatable bonds is 4. The van der Waals surface area contributed by atoms with Gasteiger partial charge in [-0.05, 0) is 42.4 Å². The van der Waals surface area contributed by atoms with Crippen molar-refractivity contribution in [2.75, 3.05) is 46.7 Å². The zero-order valence-corrected chi connectivity index (χ0v) is 21.0. The average Bonchev–Trinajstić information content (AvgIpc) is 3.17. The molecule has 2 heterocycles. The molecule has 0 bridgehead atoms. The maximum Gasteiger partial charge on any atom is 0.149 e. The minimum atomic E-state index is -0.567. The molecule has 0 aromatic heterocycles. The molecule has 0 amide bonds. The highest BCUT2D eigenvalue weighted by molar-refractivity contribution is 5.45. The van der Waals surface area contributed by atoms with Crippen molar-refractivity contribution in [3.63, 3.8) is 0 Å². The van der Waals surface area contributed by atoms with Crippen LogP contribution < -0.4 is 16.1 Å². The van der Waals surface area contributed by atoms with Gasteiger partial charge in [-0.2, -0.15) is 0 Å². The number of likely N-dealkylation sites (N-methyl/N-ethyl adjacent to an activating group) is 1. The lowest BCUT2D eigenvalue weighted by Crippen LogP contribution is -2.37. The third kappa shape index (κ3) is 8.16. The molecule has 1 unspecified atom stereocenters. The number of anilines is 1. The molecule has 1 aromatic carbocycles. The third-order valence-corrected chi connectivity index (χ3v) is 4.56. The highest BCUT2D eigenvalue weighted by atomic mass is 19.1. The van der Waals surface area contributed by atoms with Gasteiger partial charge in [0.15, 0.2) is 0 Å². The topological polar surface area (TPSA) is 62.8 Å². The van der Waals surface area contributed by atoms with Crippen LogP contribution in [0.1, 0.15) is 34.6 Å². The number of nitrogens with one attached hydrogen (secondary N) is 3. The van der Waals surface area contributed by atoms with Gasteiger partial charge in [-0.1, -0.05) is 33.8 Å². The number of aliphatic hydroxyl groups is 1. The minimum Gasteiger partial charge on any atom is -0.394 e. The van der Waals surface area contributed by atoms with E-state index in [0.29, 0.717) is 0 Å². The number of dihydropyridines is 1. The fourth-order valence-corrected chi connectivity index (χ4v) is 3.03. The molecule has 0 saturated heterocycles. The Hall–Kier alpha value is -2.58. The van der Waals surface area contributed by atoms with E-state index in [1.165, 1.54) is 36.4 Å². The fourth-order valence-electron chi connectivity index (χ4n) is 3.03. The highest BCUT2D eigenvalue weighted by Gasteiger charge is 2.24. The first-order valence-corrected chi connectivity index (χ1v) is 11.1. The van der Waals surface area contributed by atoms with Crippen molar-refractivity contribution in [1.82, 2.24) is 20.7 Å². The summed E-state index contributed by atoms with van der Waals surface area (Å²) in [5, 5.41) is 17.0. The monoisotopic (exact) mass is 453 g/mol. The molecule has 0 spiro atoms. The van der Waals surface area contributed by atoms with E-state index in [0.717, 1.165) is 18.1 Å². The van der Waals surface area contributed by atoms with E-state index in [9.17, 15) is 13.9 Å². The Balaban J connectivity index is 0.000000582. The number of hydrogen-bond acceptors (Lipinski definition) is 6. The lowest BCUT2D eigenvalue weighted by atomic mass is 10.0. The number of nitrogens with zero attached hydrogens (tertiary/aromatic N) is 2. The number of hydrogen-bond donors (Lipinski definition) is 4. The Morgan fingerprint density at radius 1 is 1.16 bits per heavy atom. The van der Waals surface area contributed by atoms with Crippen molar-refractivity contribution in [2.24, 2.45) is 0 Å². The molecule has 3 rings (SSSR count). The van der Waals surface area contributed by atoms with Gasteiger partial charge in [0.25, 0.3) is 0 Å². The molecule has 2 aliphatic heterocycles. The van der Waals surface area contributed by atoms with E-state index >= 15 is 0 Å². The first-order chi connectivity index (χ1) is 15.3. The molecule has 1 aromatic rings. The highest BCUT2D eigenvalue weighted by Crippen LogP contribution is 2.25. The van der Waals surface area contributed by atoms with Gasteiger partial charge in [-0.15, -0.1) is 0 Å². The molecule has 32 heavy (non-hydrogen) atoms. The summed E-state index contributed by atoms with van der Waals surface area (Å²) in [6, 6.07) is 3.75. The number of allylic oxidation sites excluding steroid dienone is 2. The van der Waals surface area contributed by atoms with Crippen molar-refractivity contribution in [2.45, 2.75) is 40.7 Å². The Bertz CT molecular complexity index is 770. The SMILES string of the molecule is CC.CC.CC1=C(C2=CC(CO)NN2C)CNC(N(C)C)=C1.CNc1c(F)cccc1F. The second-order valence-electron chi connectivity index (χ2n) is 6.81. The number of para-hydroxylation sites is 1. The van der Waals surface area contributed by atoms with Gasteiger partial charge in [-0.25, -0.2) is 14.2 Å². The van der Waals surface area contributed by atoms with E-state index in [1.54, 1.807) is 0 Å². The molecule has 4 N–H and O–H groups in total. The zero-order chi connectivity index (χ0) is 24.8. The predicted molar refractivity (Wildman–Crippen MR) is 131 cm³/mol. The molecule has 1 atom stereocenters. The second kappa shape index (κ2) is 15.3. The summed E-state index contributed by atoms with van der Waals surface area (Å²) in [5.74, 6) is -0.00540. The van der Waals surface area contributed by atoms with Crippen LogP contribution in [-0.2, 0) is 0 Å². The summed E-state index contributed by atoms with van der Waals surface area (Å²) in [4.78, 5) is 2.07. The first kappa shape index (κ1) is 29.4. The van der Waals surface area contributed by atoms with E-state index in [4.69, 9.17) is 0 Å². The largest absolute Gasteiger partial charge is 0.394 e. The molecule has 8 heteroatoms. The standard InChI is InChI=1S/C13H22N4O.C7H7F2N.2C2H6/c1-9-5-13(16(2)3)14-7-11(9)12-6-10(8-18)15-17(12)4;1-10-7-5(8)3-2-4-6(7)9;2*1-2/h5-6,10,14-15,18H,7-8H2,1-4H3;2-4,10H,1H3;2*1-2H3. The lowest BCUT2D eigenvalue weighted by Gasteiger charge is -2.28. The summed E-state index contributed by atoms with van der Waals surface area (Å²) in [5.41, 5.74) is 6.80. The Morgan fingerprint density at radius 2 is 1.72 bits per heavy atom. The van der Waals surface area contributed by atoms with Gasteiger partial charge < -0.3 is 25.6 Å². The van der Waals surface area contributed by atoms with Crippen LogP contribution in [0.3, 0.4) is 0 Å².